The fourth-order valence-corrected chi connectivity index (χ4v) is 1.16. The number of carbonyl (C=O) groups excluding carboxylic acids is 1. The molecule has 0 aromatic carbocycles. The molecular formula is C8H11O-. The van der Waals surface area contributed by atoms with Crippen molar-refractivity contribution in [2.75, 3.05) is 0 Å². The van der Waals surface area contributed by atoms with Crippen LogP contribution in [0, 0.1) is 0 Å². The second-order valence-electron chi connectivity index (χ2n) is 2.43. The maximum atomic E-state index is 9.91. The third-order valence-electron chi connectivity index (χ3n) is 1.68. The molecule has 0 aromatic heterocycles. The fourth-order valence-electron chi connectivity index (χ4n) is 1.16. The van der Waals surface area contributed by atoms with E-state index >= 15 is 0 Å². The van der Waals surface area contributed by atoms with E-state index < -0.39 is 0 Å². The quantitative estimate of drug-likeness (QED) is 0.405. The van der Waals surface area contributed by atoms with Gasteiger partial charge in [-0.3, -0.25) is 6.29 Å². The Hall–Kier alpha value is -0.590. The number of hydrogen-bond donors (Lipinski definition) is 0. The lowest BCUT2D eigenvalue weighted by Gasteiger charge is -2.12. The summed E-state index contributed by atoms with van der Waals surface area (Å²) in [5.74, 6) is 0. The predicted molar refractivity (Wildman–Crippen MR) is 36.9 cm³/mol. The topological polar surface area (TPSA) is 17.1 Å². The van der Waals surface area contributed by atoms with Crippen molar-refractivity contribution in [2.45, 2.75) is 32.1 Å². The van der Waals surface area contributed by atoms with E-state index in [1.807, 2.05) is 6.29 Å². The third-order valence-corrected chi connectivity index (χ3v) is 1.68. The van der Waals surface area contributed by atoms with Crippen LogP contribution in [0.4, 0.5) is 0 Å². The van der Waals surface area contributed by atoms with Crippen LogP contribution in [0.15, 0.2) is 11.6 Å². The first-order valence-electron chi connectivity index (χ1n) is 3.46. The summed E-state index contributed by atoms with van der Waals surface area (Å²) < 4.78 is 0. The Kier molecular flexibility index (Phi) is 2.49. The number of allylic oxidation sites excluding steroid dienone is 2. The van der Waals surface area contributed by atoms with Crippen molar-refractivity contribution in [3.63, 3.8) is 0 Å². The first-order valence-corrected chi connectivity index (χ1v) is 3.46. The van der Waals surface area contributed by atoms with Crippen LogP contribution in [-0.2, 0) is 4.79 Å². The zero-order valence-electron chi connectivity index (χ0n) is 5.52. The molecule has 0 saturated heterocycles. The smallest absolute Gasteiger partial charge is 0.0344 e. The van der Waals surface area contributed by atoms with Gasteiger partial charge in [-0.25, -0.2) is 0 Å². The molecule has 1 nitrogen and oxygen atoms in total. The molecule has 0 unspecified atom stereocenters. The van der Waals surface area contributed by atoms with Crippen LogP contribution in [0.2, 0.25) is 0 Å². The summed E-state index contributed by atoms with van der Waals surface area (Å²) >= 11 is 0. The van der Waals surface area contributed by atoms with Crippen LogP contribution in [-0.4, -0.2) is 6.29 Å². The Labute approximate surface area is 55.8 Å². The first-order chi connectivity index (χ1) is 4.43. The van der Waals surface area contributed by atoms with Crippen molar-refractivity contribution < 1.29 is 4.79 Å². The summed E-state index contributed by atoms with van der Waals surface area (Å²) in [4.78, 5) is 9.91. The van der Waals surface area contributed by atoms with E-state index in [1.165, 1.54) is 18.4 Å². The van der Waals surface area contributed by atoms with Gasteiger partial charge < -0.3 is 4.79 Å². The summed E-state index contributed by atoms with van der Waals surface area (Å²) in [6, 6.07) is 0. The van der Waals surface area contributed by atoms with Gasteiger partial charge in [-0.15, -0.1) is 12.0 Å². The van der Waals surface area contributed by atoms with Gasteiger partial charge in [0.15, 0.2) is 0 Å². The van der Waals surface area contributed by atoms with E-state index in [4.69, 9.17) is 0 Å². The molecule has 1 heteroatoms. The molecular weight excluding hydrogens is 112 g/mol. The Morgan fingerprint density at radius 3 is 3.00 bits per heavy atom. The van der Waals surface area contributed by atoms with Gasteiger partial charge in [0, 0.05) is 0 Å². The van der Waals surface area contributed by atoms with Crippen LogP contribution in [0.3, 0.4) is 0 Å². The van der Waals surface area contributed by atoms with Crippen molar-refractivity contribution in [3.8, 4) is 0 Å². The minimum absolute atomic E-state index is 0.542. The van der Waals surface area contributed by atoms with Crippen molar-refractivity contribution in [1.29, 1.82) is 0 Å². The number of hydrogen-bond acceptors (Lipinski definition) is 1. The van der Waals surface area contributed by atoms with Crippen molar-refractivity contribution >= 4 is 6.29 Å². The van der Waals surface area contributed by atoms with Gasteiger partial charge in [-0.05, 0) is 25.7 Å². The molecule has 0 amide bonds. The Morgan fingerprint density at radius 1 is 1.56 bits per heavy atom. The van der Waals surface area contributed by atoms with E-state index in [0.29, 0.717) is 6.42 Å². The lowest BCUT2D eigenvalue weighted by Crippen LogP contribution is -1.91. The van der Waals surface area contributed by atoms with Crippen LogP contribution >= 0.6 is 0 Å². The van der Waals surface area contributed by atoms with Gasteiger partial charge in [-0.1, -0.05) is 6.08 Å². The average Bonchev–Trinajstić information content (AvgIpc) is 1.91. The summed E-state index contributed by atoms with van der Waals surface area (Å²) in [5.41, 5.74) is 1.29. The van der Waals surface area contributed by atoms with Gasteiger partial charge in [-0.2, -0.15) is 0 Å². The van der Waals surface area contributed by atoms with E-state index in [2.05, 4.69) is 6.08 Å². The number of rotatable bonds is 2. The van der Waals surface area contributed by atoms with Crippen LogP contribution in [0.25, 0.3) is 0 Å². The highest BCUT2D eigenvalue weighted by molar-refractivity contribution is 5.55. The Balaban J connectivity index is 2.36. The zero-order chi connectivity index (χ0) is 6.53. The summed E-state index contributed by atoms with van der Waals surface area (Å²) in [7, 11) is 0. The summed E-state index contributed by atoms with van der Waals surface area (Å²) in [5, 5.41) is 0. The molecule has 0 N–H and O–H groups in total. The lowest BCUT2D eigenvalue weighted by molar-refractivity contribution is 0.552. The molecule has 1 aliphatic carbocycles. The van der Waals surface area contributed by atoms with E-state index in [1.54, 1.807) is 0 Å². The first kappa shape index (κ1) is 6.53. The molecule has 9 heavy (non-hydrogen) atoms. The second kappa shape index (κ2) is 3.44. The third kappa shape index (κ3) is 2.00. The molecule has 0 heterocycles. The molecule has 0 atom stereocenters. The SMILES string of the molecule is O=[C-]CC1=CCCCC1. The molecule has 0 aromatic rings. The van der Waals surface area contributed by atoms with Crippen LogP contribution in [0.5, 0.6) is 0 Å². The molecule has 0 radical (unpaired) electrons. The molecule has 0 spiro atoms. The van der Waals surface area contributed by atoms with Gasteiger partial charge in [0.1, 0.15) is 0 Å². The Morgan fingerprint density at radius 2 is 2.44 bits per heavy atom. The predicted octanol–water partition coefficient (Wildman–Crippen LogP) is 1.99. The van der Waals surface area contributed by atoms with Gasteiger partial charge in [0.2, 0.25) is 0 Å². The molecule has 0 bridgehead atoms. The molecule has 1 aliphatic rings. The minimum atomic E-state index is 0.542. The summed E-state index contributed by atoms with van der Waals surface area (Å²) in [6.07, 6.45) is 9.47. The minimum Gasteiger partial charge on any atom is -0.541 e. The maximum Gasteiger partial charge on any atom is -0.0344 e. The second-order valence-corrected chi connectivity index (χ2v) is 2.43. The highest BCUT2D eigenvalue weighted by Gasteiger charge is 1.97. The molecule has 50 valence electrons. The normalized spacial score (nSPS) is 18.9. The molecule has 1 rings (SSSR count). The highest BCUT2D eigenvalue weighted by Crippen LogP contribution is 2.18. The standard InChI is InChI=1S/C8H11O/c9-7-6-8-4-2-1-3-5-8/h4H,1-3,5-6H2/q-1. The zero-order valence-corrected chi connectivity index (χ0v) is 5.52. The van der Waals surface area contributed by atoms with Crippen LogP contribution < -0.4 is 0 Å². The maximum absolute atomic E-state index is 9.91. The fraction of sp³-hybridized carbons (Fsp3) is 0.625. The monoisotopic (exact) mass is 123 g/mol. The molecule has 0 saturated carbocycles. The van der Waals surface area contributed by atoms with Gasteiger partial charge >= 0.3 is 0 Å². The van der Waals surface area contributed by atoms with Gasteiger partial charge in [0.05, 0.1) is 0 Å². The van der Waals surface area contributed by atoms with Crippen molar-refractivity contribution in [1.82, 2.24) is 0 Å². The van der Waals surface area contributed by atoms with Crippen molar-refractivity contribution in [2.24, 2.45) is 0 Å². The van der Waals surface area contributed by atoms with Crippen molar-refractivity contribution in [3.05, 3.63) is 11.6 Å². The van der Waals surface area contributed by atoms with Crippen LogP contribution in [0.1, 0.15) is 32.1 Å². The van der Waals surface area contributed by atoms with E-state index in [0.717, 1.165) is 12.8 Å². The average molecular weight is 123 g/mol. The van der Waals surface area contributed by atoms with Gasteiger partial charge in [0.25, 0.3) is 0 Å². The van der Waals surface area contributed by atoms with E-state index in [9.17, 15) is 4.79 Å². The molecule has 0 aliphatic heterocycles. The largest absolute Gasteiger partial charge is 0.541 e. The Bertz CT molecular complexity index is 125. The summed E-state index contributed by atoms with van der Waals surface area (Å²) in [6.45, 7) is 0. The lowest BCUT2D eigenvalue weighted by atomic mass is 9.98. The van der Waals surface area contributed by atoms with E-state index in [-0.39, 0.29) is 0 Å². The highest BCUT2D eigenvalue weighted by atomic mass is 16.1. The molecule has 0 fully saturated rings.